The van der Waals surface area contributed by atoms with Crippen LogP contribution in [-0.4, -0.2) is 10.7 Å². The normalized spacial score (nSPS) is 11.9. The zero-order valence-corrected chi connectivity index (χ0v) is 9.88. The van der Waals surface area contributed by atoms with Crippen LogP contribution in [0.1, 0.15) is 24.2 Å². The predicted octanol–water partition coefficient (Wildman–Crippen LogP) is 2.71. The molecule has 0 fully saturated rings. The summed E-state index contributed by atoms with van der Waals surface area (Å²) in [7, 11) is 0. The summed E-state index contributed by atoms with van der Waals surface area (Å²) in [6, 6.07) is 4.51. The Bertz CT molecular complexity index is 535. The first-order valence-electron chi connectivity index (χ1n) is 5.26. The lowest BCUT2D eigenvalue weighted by atomic mass is 9.88. The number of ketones is 1. The minimum Gasteiger partial charge on any atom is -0.292 e. The first-order chi connectivity index (χ1) is 8.38. The molecule has 5 nitrogen and oxygen atoms in total. The molecule has 0 saturated heterocycles. The van der Waals surface area contributed by atoms with E-state index in [0.717, 1.165) is 12.1 Å². The molecule has 0 aliphatic rings. The monoisotopic (exact) mass is 250 g/mol. The van der Waals surface area contributed by atoms with E-state index in [9.17, 15) is 19.3 Å². The van der Waals surface area contributed by atoms with Crippen LogP contribution in [0.4, 0.5) is 10.1 Å². The predicted molar refractivity (Wildman–Crippen MR) is 61.3 cm³/mol. The van der Waals surface area contributed by atoms with Crippen LogP contribution in [0, 0.1) is 39.1 Å². The van der Waals surface area contributed by atoms with E-state index >= 15 is 0 Å². The van der Waals surface area contributed by atoms with Crippen molar-refractivity contribution in [3.8, 4) is 6.07 Å². The van der Waals surface area contributed by atoms with Crippen molar-refractivity contribution in [2.75, 3.05) is 0 Å². The van der Waals surface area contributed by atoms with Gasteiger partial charge in [-0.2, -0.15) is 5.26 Å². The molecule has 1 unspecified atom stereocenters. The maximum absolute atomic E-state index is 12.9. The van der Waals surface area contributed by atoms with Crippen LogP contribution >= 0.6 is 0 Å². The fourth-order valence-electron chi connectivity index (χ4n) is 1.54. The molecule has 0 heterocycles. The second-order valence-corrected chi connectivity index (χ2v) is 4.13. The lowest BCUT2D eigenvalue weighted by Crippen LogP contribution is -2.19. The van der Waals surface area contributed by atoms with Crippen molar-refractivity contribution in [1.29, 1.82) is 5.26 Å². The highest BCUT2D eigenvalue weighted by Gasteiger charge is 2.29. The van der Waals surface area contributed by atoms with E-state index in [2.05, 4.69) is 0 Å². The number of hydrogen-bond donors (Lipinski definition) is 0. The third-order valence-corrected chi connectivity index (χ3v) is 2.51. The molecule has 0 amide bonds. The van der Waals surface area contributed by atoms with Gasteiger partial charge in [0.05, 0.1) is 22.6 Å². The Morgan fingerprint density at radius 1 is 1.50 bits per heavy atom. The summed E-state index contributed by atoms with van der Waals surface area (Å²) >= 11 is 0. The standard InChI is InChI=1S/C12H11FN2O3/c1-7(2)10(6-14)12(16)9-4-3-8(13)5-11(9)15(17)18/h3-5,7,10H,1-2H3. The minimum absolute atomic E-state index is 0.235. The number of carbonyl (C=O) groups is 1. The Morgan fingerprint density at radius 3 is 2.56 bits per heavy atom. The quantitative estimate of drug-likeness (QED) is 0.467. The van der Waals surface area contributed by atoms with E-state index < -0.39 is 28.1 Å². The summed E-state index contributed by atoms with van der Waals surface area (Å²) in [5.41, 5.74) is -0.845. The van der Waals surface area contributed by atoms with Gasteiger partial charge in [-0.1, -0.05) is 13.8 Å². The number of nitrogens with zero attached hydrogens (tertiary/aromatic N) is 2. The van der Waals surface area contributed by atoms with Gasteiger partial charge in [0.15, 0.2) is 5.78 Å². The fraction of sp³-hybridized carbons (Fsp3) is 0.333. The zero-order chi connectivity index (χ0) is 13.9. The Kier molecular flexibility index (Phi) is 4.10. The van der Waals surface area contributed by atoms with Crippen molar-refractivity contribution in [3.63, 3.8) is 0 Å². The van der Waals surface area contributed by atoms with E-state index in [1.54, 1.807) is 13.8 Å². The summed E-state index contributed by atoms with van der Waals surface area (Å²) in [5.74, 6) is -2.70. The highest BCUT2D eigenvalue weighted by atomic mass is 19.1. The number of nitro benzene ring substituents is 1. The Morgan fingerprint density at radius 2 is 2.11 bits per heavy atom. The third kappa shape index (κ3) is 2.69. The van der Waals surface area contributed by atoms with Gasteiger partial charge in [-0.25, -0.2) is 4.39 Å². The maximum Gasteiger partial charge on any atom is 0.283 e. The SMILES string of the molecule is CC(C)C(C#N)C(=O)c1ccc(F)cc1[N+](=O)[O-]. The number of nitro groups is 1. The highest BCUT2D eigenvalue weighted by molar-refractivity contribution is 6.02. The Balaban J connectivity index is 3.29. The molecule has 0 aliphatic carbocycles. The summed E-state index contributed by atoms with van der Waals surface area (Å²) in [6.45, 7) is 3.34. The van der Waals surface area contributed by atoms with Crippen LogP contribution < -0.4 is 0 Å². The van der Waals surface area contributed by atoms with E-state index in [0.29, 0.717) is 6.07 Å². The van der Waals surface area contributed by atoms with Crippen molar-refractivity contribution < 1.29 is 14.1 Å². The molecule has 18 heavy (non-hydrogen) atoms. The number of hydrogen-bond acceptors (Lipinski definition) is 4. The van der Waals surface area contributed by atoms with Gasteiger partial charge >= 0.3 is 0 Å². The summed E-state index contributed by atoms with van der Waals surface area (Å²) < 4.78 is 12.9. The van der Waals surface area contributed by atoms with Gasteiger partial charge in [0.2, 0.25) is 0 Å². The second-order valence-electron chi connectivity index (χ2n) is 4.13. The molecule has 0 bridgehead atoms. The van der Waals surface area contributed by atoms with E-state index in [4.69, 9.17) is 5.26 Å². The molecule has 0 radical (unpaired) electrons. The topological polar surface area (TPSA) is 84.0 Å². The van der Waals surface area contributed by atoms with Gasteiger partial charge in [-0.15, -0.1) is 0 Å². The van der Waals surface area contributed by atoms with Gasteiger partial charge < -0.3 is 0 Å². The first kappa shape index (κ1) is 13.8. The zero-order valence-electron chi connectivity index (χ0n) is 9.88. The van der Waals surface area contributed by atoms with Crippen LogP contribution in [0.25, 0.3) is 0 Å². The van der Waals surface area contributed by atoms with E-state index in [1.807, 2.05) is 6.07 Å². The van der Waals surface area contributed by atoms with Crippen molar-refractivity contribution in [1.82, 2.24) is 0 Å². The first-order valence-corrected chi connectivity index (χ1v) is 5.26. The average Bonchev–Trinajstić information content (AvgIpc) is 2.28. The molecule has 1 atom stereocenters. The average molecular weight is 250 g/mol. The summed E-state index contributed by atoms with van der Waals surface area (Å²) in [5, 5.41) is 19.7. The number of Topliss-reactive ketones (excluding diaryl/α,β-unsaturated/α-hetero) is 1. The van der Waals surface area contributed by atoms with Gasteiger partial charge in [0, 0.05) is 0 Å². The Hall–Kier alpha value is -2.29. The molecule has 0 aromatic heterocycles. The minimum atomic E-state index is -0.978. The summed E-state index contributed by atoms with van der Waals surface area (Å²) in [4.78, 5) is 21.9. The van der Waals surface area contributed by atoms with Crippen LogP contribution in [0.15, 0.2) is 18.2 Å². The third-order valence-electron chi connectivity index (χ3n) is 2.51. The number of nitriles is 1. The van der Waals surface area contributed by atoms with E-state index in [1.165, 1.54) is 0 Å². The highest BCUT2D eigenvalue weighted by Crippen LogP contribution is 2.25. The Labute approximate surface area is 103 Å². The van der Waals surface area contributed by atoms with Crippen LogP contribution in [-0.2, 0) is 0 Å². The van der Waals surface area contributed by atoms with Crippen molar-refractivity contribution in [2.45, 2.75) is 13.8 Å². The molecule has 94 valence electrons. The fourth-order valence-corrected chi connectivity index (χ4v) is 1.54. The van der Waals surface area contributed by atoms with Crippen LogP contribution in [0.5, 0.6) is 0 Å². The van der Waals surface area contributed by atoms with Crippen LogP contribution in [0.3, 0.4) is 0 Å². The molecule has 0 saturated carbocycles. The molecule has 1 aromatic carbocycles. The molecule has 6 heteroatoms. The number of halogens is 1. The summed E-state index contributed by atoms with van der Waals surface area (Å²) in [6.07, 6.45) is 0. The van der Waals surface area contributed by atoms with Gasteiger partial charge in [0.25, 0.3) is 5.69 Å². The molecular weight excluding hydrogens is 239 g/mol. The lowest BCUT2D eigenvalue weighted by molar-refractivity contribution is -0.385. The van der Waals surface area contributed by atoms with Crippen molar-refractivity contribution in [2.24, 2.45) is 11.8 Å². The van der Waals surface area contributed by atoms with Gasteiger partial charge in [-0.3, -0.25) is 14.9 Å². The maximum atomic E-state index is 12.9. The van der Waals surface area contributed by atoms with E-state index in [-0.39, 0.29) is 11.5 Å². The van der Waals surface area contributed by atoms with Gasteiger partial charge in [-0.05, 0) is 18.1 Å². The molecular formula is C12H11FN2O3. The molecule has 1 rings (SSSR count). The van der Waals surface area contributed by atoms with Crippen LogP contribution in [0.2, 0.25) is 0 Å². The smallest absolute Gasteiger partial charge is 0.283 e. The molecule has 0 N–H and O–H groups in total. The molecule has 0 spiro atoms. The molecule has 1 aromatic rings. The largest absolute Gasteiger partial charge is 0.292 e. The second kappa shape index (κ2) is 5.36. The number of carbonyl (C=O) groups excluding carboxylic acids is 1. The number of benzene rings is 1. The molecule has 0 aliphatic heterocycles. The van der Waals surface area contributed by atoms with Gasteiger partial charge in [0.1, 0.15) is 11.7 Å². The number of rotatable bonds is 4. The lowest BCUT2D eigenvalue weighted by Gasteiger charge is -2.11. The van der Waals surface area contributed by atoms with Crippen molar-refractivity contribution in [3.05, 3.63) is 39.7 Å². The van der Waals surface area contributed by atoms with Crippen molar-refractivity contribution >= 4 is 11.5 Å².